The Hall–Kier alpha value is -0.810. The van der Waals surface area contributed by atoms with Gasteiger partial charge in [0.2, 0.25) is 5.91 Å². The van der Waals surface area contributed by atoms with Gasteiger partial charge in [0.05, 0.1) is 16.8 Å². The molecule has 0 radical (unpaired) electrons. The molecule has 1 aromatic rings. The fourth-order valence-electron chi connectivity index (χ4n) is 0.879. The Morgan fingerprint density at radius 2 is 2.42 bits per heavy atom. The lowest BCUT2D eigenvalue weighted by molar-refractivity contribution is -0.118. The van der Waals surface area contributed by atoms with Gasteiger partial charge in [0.15, 0.2) is 0 Å². The van der Waals surface area contributed by atoms with Crippen molar-refractivity contribution in [3.8, 4) is 0 Å². The maximum absolute atomic E-state index is 10.5. The number of furan rings is 1. The predicted molar refractivity (Wildman–Crippen MR) is 47.1 cm³/mol. The quantitative estimate of drug-likeness (QED) is 0.814. The summed E-state index contributed by atoms with van der Waals surface area (Å²) in [5.41, 5.74) is 10.6. The summed E-state index contributed by atoms with van der Waals surface area (Å²) in [7, 11) is 0. The number of carbonyl (C=O) groups is 1. The number of amides is 1. The molecule has 1 atom stereocenters. The van der Waals surface area contributed by atoms with Crippen LogP contribution in [0.15, 0.2) is 21.2 Å². The number of rotatable bonds is 3. The van der Waals surface area contributed by atoms with Crippen LogP contribution < -0.4 is 11.5 Å². The first kappa shape index (κ1) is 9.28. The van der Waals surface area contributed by atoms with Crippen molar-refractivity contribution < 1.29 is 9.21 Å². The molecule has 1 aromatic heterocycles. The monoisotopic (exact) mass is 232 g/mol. The first-order valence-corrected chi connectivity index (χ1v) is 4.17. The fraction of sp³-hybridized carbons (Fsp3) is 0.286. The molecule has 0 fully saturated rings. The van der Waals surface area contributed by atoms with E-state index in [1.54, 1.807) is 6.07 Å². The van der Waals surface area contributed by atoms with E-state index in [0.29, 0.717) is 5.76 Å². The smallest absolute Gasteiger partial charge is 0.219 e. The van der Waals surface area contributed by atoms with Gasteiger partial charge in [0.1, 0.15) is 5.76 Å². The minimum atomic E-state index is -0.466. The van der Waals surface area contributed by atoms with E-state index < -0.39 is 11.9 Å². The van der Waals surface area contributed by atoms with E-state index in [1.807, 2.05) is 0 Å². The van der Waals surface area contributed by atoms with E-state index >= 15 is 0 Å². The van der Waals surface area contributed by atoms with Gasteiger partial charge < -0.3 is 15.9 Å². The molecule has 12 heavy (non-hydrogen) atoms. The van der Waals surface area contributed by atoms with Crippen LogP contribution >= 0.6 is 15.9 Å². The average molecular weight is 233 g/mol. The lowest BCUT2D eigenvalue weighted by Gasteiger charge is -2.05. The molecule has 0 aromatic carbocycles. The third-order valence-electron chi connectivity index (χ3n) is 1.40. The molecule has 0 bridgehead atoms. The Bertz CT molecular complexity index is 285. The molecule has 0 aliphatic rings. The van der Waals surface area contributed by atoms with Crippen LogP contribution in [0.3, 0.4) is 0 Å². The van der Waals surface area contributed by atoms with Gasteiger partial charge in [-0.1, -0.05) is 0 Å². The third kappa shape index (κ3) is 2.09. The lowest BCUT2D eigenvalue weighted by Crippen LogP contribution is -2.20. The van der Waals surface area contributed by atoms with Gasteiger partial charge >= 0.3 is 0 Å². The zero-order chi connectivity index (χ0) is 9.14. The van der Waals surface area contributed by atoms with Gasteiger partial charge in [0.25, 0.3) is 0 Å². The number of primary amides is 1. The van der Waals surface area contributed by atoms with Crippen molar-refractivity contribution in [1.82, 2.24) is 0 Å². The molecule has 1 rings (SSSR count). The summed E-state index contributed by atoms with van der Waals surface area (Å²) in [4.78, 5) is 10.5. The van der Waals surface area contributed by atoms with Crippen molar-refractivity contribution in [2.45, 2.75) is 12.5 Å². The predicted octanol–water partition coefficient (Wildman–Crippen LogP) is 0.917. The van der Waals surface area contributed by atoms with E-state index in [9.17, 15) is 4.79 Å². The van der Waals surface area contributed by atoms with E-state index in [2.05, 4.69) is 15.9 Å². The van der Waals surface area contributed by atoms with Gasteiger partial charge in [-0.05, 0) is 22.0 Å². The number of nitrogens with two attached hydrogens (primary N) is 2. The topological polar surface area (TPSA) is 82.2 Å². The highest BCUT2D eigenvalue weighted by atomic mass is 79.9. The lowest BCUT2D eigenvalue weighted by atomic mass is 10.1. The summed E-state index contributed by atoms with van der Waals surface area (Å²) >= 11 is 3.23. The fourth-order valence-corrected chi connectivity index (χ4v) is 1.37. The normalized spacial score (nSPS) is 12.8. The molecular formula is C7H9BrN2O2. The third-order valence-corrected chi connectivity index (χ3v) is 2.06. The molecule has 0 unspecified atom stereocenters. The van der Waals surface area contributed by atoms with Gasteiger partial charge in [-0.25, -0.2) is 0 Å². The Kier molecular flexibility index (Phi) is 2.88. The molecule has 0 aliphatic carbocycles. The average Bonchev–Trinajstić information content (AvgIpc) is 2.33. The first-order chi connectivity index (χ1) is 5.61. The molecule has 66 valence electrons. The van der Waals surface area contributed by atoms with E-state index in [4.69, 9.17) is 15.9 Å². The number of hydrogen-bond acceptors (Lipinski definition) is 3. The Morgan fingerprint density at radius 3 is 2.83 bits per heavy atom. The van der Waals surface area contributed by atoms with Crippen LogP contribution in [0.5, 0.6) is 0 Å². The van der Waals surface area contributed by atoms with E-state index in [0.717, 1.165) is 4.47 Å². The molecule has 1 heterocycles. The Balaban J connectivity index is 2.71. The maximum atomic E-state index is 10.5. The minimum absolute atomic E-state index is 0.0894. The van der Waals surface area contributed by atoms with Crippen LogP contribution in [0.4, 0.5) is 0 Å². The second kappa shape index (κ2) is 3.73. The summed E-state index contributed by atoms with van der Waals surface area (Å²) in [5.74, 6) is 0.111. The second-order valence-electron chi connectivity index (χ2n) is 2.41. The molecule has 0 saturated carbocycles. The van der Waals surface area contributed by atoms with Gasteiger partial charge in [-0.2, -0.15) is 0 Å². The van der Waals surface area contributed by atoms with E-state index in [-0.39, 0.29) is 6.42 Å². The second-order valence-corrected chi connectivity index (χ2v) is 3.26. The van der Waals surface area contributed by atoms with Gasteiger partial charge in [-0.15, -0.1) is 0 Å². The standard InChI is InChI=1S/C7H9BrN2O2/c8-4-1-2-12-7(4)5(9)3-6(10)11/h1-2,5H,3,9H2,(H2,10,11)/t5-/m1/s1. The van der Waals surface area contributed by atoms with Crippen LogP contribution in [-0.2, 0) is 4.79 Å². The van der Waals surface area contributed by atoms with Crippen molar-refractivity contribution in [2.24, 2.45) is 11.5 Å². The van der Waals surface area contributed by atoms with Crippen molar-refractivity contribution in [3.63, 3.8) is 0 Å². The molecule has 1 amide bonds. The highest BCUT2D eigenvalue weighted by Gasteiger charge is 2.15. The number of hydrogen-bond donors (Lipinski definition) is 2. The SMILES string of the molecule is NC(=O)C[C@@H](N)c1occc1Br. The maximum Gasteiger partial charge on any atom is 0.219 e. The van der Waals surface area contributed by atoms with Crippen LogP contribution in [-0.4, -0.2) is 5.91 Å². The van der Waals surface area contributed by atoms with Crippen molar-refractivity contribution in [3.05, 3.63) is 22.6 Å². The van der Waals surface area contributed by atoms with Crippen LogP contribution in [0.1, 0.15) is 18.2 Å². The molecule has 4 nitrogen and oxygen atoms in total. The number of carbonyl (C=O) groups excluding carboxylic acids is 1. The molecule has 0 saturated heterocycles. The van der Waals surface area contributed by atoms with Gasteiger partial charge in [-0.3, -0.25) is 4.79 Å². The molecule has 0 spiro atoms. The van der Waals surface area contributed by atoms with Crippen LogP contribution in [0.2, 0.25) is 0 Å². The summed E-state index contributed by atoms with van der Waals surface area (Å²) < 4.78 is 5.81. The van der Waals surface area contributed by atoms with Crippen LogP contribution in [0, 0.1) is 0 Å². The van der Waals surface area contributed by atoms with Crippen LogP contribution in [0.25, 0.3) is 0 Å². The molecule has 0 aliphatic heterocycles. The molecule has 5 heteroatoms. The van der Waals surface area contributed by atoms with Crippen molar-refractivity contribution >= 4 is 21.8 Å². The first-order valence-electron chi connectivity index (χ1n) is 3.38. The summed E-state index contributed by atoms with van der Waals surface area (Å²) in [6.45, 7) is 0. The summed E-state index contributed by atoms with van der Waals surface area (Å²) in [6, 6.07) is 1.25. The Labute approximate surface area is 78.0 Å². The minimum Gasteiger partial charge on any atom is -0.466 e. The highest BCUT2D eigenvalue weighted by Crippen LogP contribution is 2.24. The zero-order valence-electron chi connectivity index (χ0n) is 6.29. The van der Waals surface area contributed by atoms with Gasteiger partial charge in [0, 0.05) is 6.42 Å². The van der Waals surface area contributed by atoms with Crippen molar-refractivity contribution in [2.75, 3.05) is 0 Å². The largest absolute Gasteiger partial charge is 0.466 e. The zero-order valence-corrected chi connectivity index (χ0v) is 7.87. The highest BCUT2D eigenvalue weighted by molar-refractivity contribution is 9.10. The Morgan fingerprint density at radius 1 is 1.75 bits per heavy atom. The summed E-state index contributed by atoms with van der Waals surface area (Å²) in [6.07, 6.45) is 1.59. The molecular weight excluding hydrogens is 224 g/mol. The van der Waals surface area contributed by atoms with E-state index in [1.165, 1.54) is 6.26 Å². The summed E-state index contributed by atoms with van der Waals surface area (Å²) in [5, 5.41) is 0. The van der Waals surface area contributed by atoms with Crippen molar-refractivity contribution in [1.29, 1.82) is 0 Å². The number of halogens is 1. The molecule has 4 N–H and O–H groups in total.